The van der Waals surface area contributed by atoms with Gasteiger partial charge >= 0.3 is 5.97 Å². The Morgan fingerprint density at radius 3 is 2.05 bits per heavy atom. The van der Waals surface area contributed by atoms with Gasteiger partial charge in [0.15, 0.2) is 11.4 Å². The summed E-state index contributed by atoms with van der Waals surface area (Å²) in [5, 5.41) is 9.00. The van der Waals surface area contributed by atoms with Crippen molar-refractivity contribution >= 4 is 11.8 Å². The monoisotopic (exact) mass is 298 g/mol. The van der Waals surface area contributed by atoms with Gasteiger partial charge in [0.2, 0.25) is 0 Å². The molecule has 0 spiro atoms. The highest BCUT2D eigenvalue weighted by molar-refractivity contribution is 6.03. The quantitative estimate of drug-likeness (QED) is 0.797. The van der Waals surface area contributed by atoms with Gasteiger partial charge in [0.05, 0.1) is 0 Å². The summed E-state index contributed by atoms with van der Waals surface area (Å²) in [5.74, 6) is -1.19. The van der Waals surface area contributed by atoms with Crippen molar-refractivity contribution in [3.05, 3.63) is 71.8 Å². The molecule has 4 heteroatoms. The molecule has 0 heterocycles. The fraction of sp³-hybridized carbons (Fsp3) is 0.222. The average molecular weight is 298 g/mol. The lowest BCUT2D eigenvalue weighted by atomic mass is 9.82. The highest BCUT2D eigenvalue weighted by atomic mass is 16.5. The molecule has 0 amide bonds. The minimum atomic E-state index is -1.29. The predicted octanol–water partition coefficient (Wildman–Crippen LogP) is 3.28. The van der Waals surface area contributed by atoms with Gasteiger partial charge in [-0.15, -0.1) is 0 Å². The van der Waals surface area contributed by atoms with Crippen LogP contribution in [0.3, 0.4) is 0 Å². The SMILES string of the molecule is COC(CCC(=O)O)(C(=O)c1ccccc1)c1ccccc1. The molecule has 0 bridgehead atoms. The highest BCUT2D eigenvalue weighted by Crippen LogP contribution is 2.34. The van der Waals surface area contributed by atoms with E-state index in [4.69, 9.17) is 9.84 Å². The van der Waals surface area contributed by atoms with Crippen LogP contribution in [0.4, 0.5) is 0 Å². The fourth-order valence-electron chi connectivity index (χ4n) is 2.51. The molecule has 0 aliphatic heterocycles. The lowest BCUT2D eigenvalue weighted by molar-refractivity contribution is -0.138. The van der Waals surface area contributed by atoms with Gasteiger partial charge in [-0.1, -0.05) is 60.7 Å². The molecule has 22 heavy (non-hydrogen) atoms. The number of benzene rings is 2. The fourth-order valence-corrected chi connectivity index (χ4v) is 2.51. The van der Waals surface area contributed by atoms with E-state index in [0.29, 0.717) is 11.1 Å². The van der Waals surface area contributed by atoms with Gasteiger partial charge in [-0.3, -0.25) is 9.59 Å². The van der Waals surface area contributed by atoms with Crippen molar-refractivity contribution in [1.82, 2.24) is 0 Å². The number of hydrogen-bond donors (Lipinski definition) is 1. The van der Waals surface area contributed by atoms with Crippen LogP contribution >= 0.6 is 0 Å². The summed E-state index contributed by atoms with van der Waals surface area (Å²) in [6, 6.07) is 17.8. The van der Waals surface area contributed by atoms with E-state index in [9.17, 15) is 9.59 Å². The first-order valence-corrected chi connectivity index (χ1v) is 7.02. The molecule has 0 aliphatic carbocycles. The van der Waals surface area contributed by atoms with Crippen molar-refractivity contribution in [2.24, 2.45) is 0 Å². The molecular weight excluding hydrogens is 280 g/mol. The van der Waals surface area contributed by atoms with E-state index in [2.05, 4.69) is 0 Å². The molecule has 0 saturated carbocycles. The zero-order valence-electron chi connectivity index (χ0n) is 12.4. The Kier molecular flexibility index (Phi) is 5.07. The summed E-state index contributed by atoms with van der Waals surface area (Å²) < 4.78 is 5.58. The molecular formula is C18H18O4. The number of carbonyl (C=O) groups is 2. The molecule has 1 N–H and O–H groups in total. The van der Waals surface area contributed by atoms with Gasteiger partial charge in [-0.05, 0) is 12.0 Å². The molecule has 114 valence electrons. The molecule has 2 aromatic carbocycles. The Morgan fingerprint density at radius 2 is 1.55 bits per heavy atom. The number of carboxylic acid groups (broad SMARTS) is 1. The van der Waals surface area contributed by atoms with Crippen LogP contribution in [0.1, 0.15) is 28.8 Å². The number of rotatable bonds is 7. The third-order valence-electron chi connectivity index (χ3n) is 3.68. The summed E-state index contributed by atoms with van der Waals surface area (Å²) in [6.45, 7) is 0. The molecule has 0 aromatic heterocycles. The van der Waals surface area contributed by atoms with E-state index in [1.165, 1.54) is 7.11 Å². The van der Waals surface area contributed by atoms with Gasteiger partial charge in [0.25, 0.3) is 0 Å². The van der Waals surface area contributed by atoms with Gasteiger partial charge < -0.3 is 9.84 Å². The molecule has 1 unspecified atom stereocenters. The number of ether oxygens (including phenoxy) is 1. The molecule has 0 aliphatic rings. The number of Topliss-reactive ketones (excluding diaryl/α,β-unsaturated/α-hetero) is 1. The predicted molar refractivity (Wildman–Crippen MR) is 82.8 cm³/mol. The number of methoxy groups -OCH3 is 1. The summed E-state index contributed by atoms with van der Waals surface area (Å²) in [6.07, 6.45) is -0.0715. The van der Waals surface area contributed by atoms with Crippen LogP contribution in [0.25, 0.3) is 0 Å². The minimum absolute atomic E-state index is 0.0799. The van der Waals surface area contributed by atoms with E-state index >= 15 is 0 Å². The summed E-state index contributed by atoms with van der Waals surface area (Å²) in [4.78, 5) is 24.0. The Labute approximate surface area is 129 Å². The van der Waals surface area contributed by atoms with Crippen LogP contribution in [-0.2, 0) is 15.1 Å². The lowest BCUT2D eigenvalue weighted by Crippen LogP contribution is -2.38. The second-order valence-electron chi connectivity index (χ2n) is 4.99. The smallest absolute Gasteiger partial charge is 0.303 e. The number of aliphatic carboxylic acids is 1. The molecule has 2 aromatic rings. The Balaban J connectivity index is 2.48. The lowest BCUT2D eigenvalue weighted by Gasteiger charge is -2.31. The van der Waals surface area contributed by atoms with Gasteiger partial charge in [0, 0.05) is 19.1 Å². The van der Waals surface area contributed by atoms with Crippen LogP contribution in [0.5, 0.6) is 0 Å². The maximum absolute atomic E-state index is 13.0. The third-order valence-corrected chi connectivity index (χ3v) is 3.68. The van der Waals surface area contributed by atoms with Crippen LogP contribution in [-0.4, -0.2) is 24.0 Å². The van der Waals surface area contributed by atoms with Gasteiger partial charge in [-0.2, -0.15) is 0 Å². The number of hydrogen-bond acceptors (Lipinski definition) is 3. The van der Waals surface area contributed by atoms with Crippen LogP contribution in [0.15, 0.2) is 60.7 Å². The van der Waals surface area contributed by atoms with E-state index < -0.39 is 11.6 Å². The standard InChI is InChI=1S/C18H18O4/c1-22-18(13-12-16(19)20,15-10-6-3-7-11-15)17(21)14-8-4-2-5-9-14/h2-11H,12-13H2,1H3,(H,19,20). The second kappa shape index (κ2) is 7.00. The Hall–Kier alpha value is -2.46. The topological polar surface area (TPSA) is 63.6 Å². The average Bonchev–Trinajstić information content (AvgIpc) is 2.57. The summed E-state index contributed by atoms with van der Waals surface area (Å²) in [5.41, 5.74) is -0.132. The second-order valence-corrected chi connectivity index (χ2v) is 4.99. The Bertz CT molecular complexity index is 637. The highest BCUT2D eigenvalue weighted by Gasteiger charge is 2.40. The van der Waals surface area contributed by atoms with Crippen LogP contribution in [0.2, 0.25) is 0 Å². The van der Waals surface area contributed by atoms with E-state index in [-0.39, 0.29) is 18.6 Å². The number of carboxylic acids is 1. The van der Waals surface area contributed by atoms with Crippen molar-refractivity contribution in [3.63, 3.8) is 0 Å². The van der Waals surface area contributed by atoms with Crippen molar-refractivity contribution < 1.29 is 19.4 Å². The van der Waals surface area contributed by atoms with Crippen molar-refractivity contribution in [1.29, 1.82) is 0 Å². The van der Waals surface area contributed by atoms with Crippen LogP contribution in [0, 0.1) is 0 Å². The van der Waals surface area contributed by atoms with Crippen molar-refractivity contribution in [2.45, 2.75) is 18.4 Å². The Morgan fingerprint density at radius 1 is 1.00 bits per heavy atom. The van der Waals surface area contributed by atoms with Crippen LogP contribution < -0.4 is 0 Å². The largest absolute Gasteiger partial charge is 0.481 e. The van der Waals surface area contributed by atoms with Crippen molar-refractivity contribution in [3.8, 4) is 0 Å². The molecule has 1 atom stereocenters. The van der Waals surface area contributed by atoms with Gasteiger partial charge in [0.1, 0.15) is 0 Å². The first kappa shape index (κ1) is 15.9. The normalized spacial score (nSPS) is 13.3. The molecule has 2 rings (SSSR count). The maximum Gasteiger partial charge on any atom is 0.303 e. The summed E-state index contributed by atoms with van der Waals surface area (Å²) in [7, 11) is 1.44. The number of ketones is 1. The van der Waals surface area contributed by atoms with E-state index in [0.717, 1.165) is 0 Å². The molecule has 0 fully saturated rings. The van der Waals surface area contributed by atoms with E-state index in [1.807, 2.05) is 24.3 Å². The molecule has 0 radical (unpaired) electrons. The number of carbonyl (C=O) groups excluding carboxylic acids is 1. The zero-order chi connectivity index (χ0) is 16.0. The van der Waals surface area contributed by atoms with Crippen molar-refractivity contribution in [2.75, 3.05) is 7.11 Å². The molecule has 0 saturated heterocycles. The zero-order valence-corrected chi connectivity index (χ0v) is 12.4. The first-order valence-electron chi connectivity index (χ1n) is 7.02. The van der Waals surface area contributed by atoms with E-state index in [1.54, 1.807) is 36.4 Å². The third kappa shape index (κ3) is 3.23. The van der Waals surface area contributed by atoms with Gasteiger partial charge in [-0.25, -0.2) is 0 Å². The minimum Gasteiger partial charge on any atom is -0.481 e. The summed E-state index contributed by atoms with van der Waals surface area (Å²) >= 11 is 0. The maximum atomic E-state index is 13.0. The first-order chi connectivity index (χ1) is 10.6. The molecule has 4 nitrogen and oxygen atoms in total.